The third-order valence-electron chi connectivity index (χ3n) is 13.5. The van der Waals surface area contributed by atoms with Gasteiger partial charge in [-0.15, -0.1) is 0 Å². The lowest BCUT2D eigenvalue weighted by atomic mass is 9.92. The van der Waals surface area contributed by atoms with E-state index in [1.807, 2.05) is 55.1 Å². The lowest BCUT2D eigenvalue weighted by Gasteiger charge is -2.17. The van der Waals surface area contributed by atoms with Crippen molar-refractivity contribution in [2.75, 3.05) is 0 Å². The zero-order valence-electron chi connectivity index (χ0n) is 37.0. The van der Waals surface area contributed by atoms with Crippen LogP contribution in [0.4, 0.5) is 0 Å². The Balaban J connectivity index is 0.994. The highest BCUT2D eigenvalue weighted by molar-refractivity contribution is 6.12. The number of benzene rings is 7. The van der Waals surface area contributed by atoms with Crippen molar-refractivity contribution in [3.05, 3.63) is 236 Å². The number of hydrogen-bond acceptors (Lipinski definition) is 4. The number of hydrogen-bond donors (Lipinski definition) is 0. The highest BCUT2D eigenvalue weighted by Gasteiger charge is 2.21. The van der Waals surface area contributed by atoms with Gasteiger partial charge >= 0.3 is 0 Å². The molecule has 1 unspecified atom stereocenters. The first-order valence-corrected chi connectivity index (χ1v) is 23.1. The van der Waals surface area contributed by atoms with Gasteiger partial charge in [-0.05, 0) is 142 Å². The van der Waals surface area contributed by atoms with Gasteiger partial charge in [0.2, 0.25) is 0 Å². The second-order valence-electron chi connectivity index (χ2n) is 17.3. The number of rotatable bonds is 8. The van der Waals surface area contributed by atoms with Crippen LogP contribution in [0, 0.1) is 0 Å². The summed E-state index contributed by atoms with van der Waals surface area (Å²) < 4.78 is 4.78. The van der Waals surface area contributed by atoms with Crippen molar-refractivity contribution >= 4 is 50.0 Å². The third kappa shape index (κ3) is 6.65. The summed E-state index contributed by atoms with van der Waals surface area (Å²) in [7, 11) is 0. The summed E-state index contributed by atoms with van der Waals surface area (Å²) in [4.78, 5) is 19.4. The molecule has 6 heteroatoms. The molecule has 0 radical (unpaired) electrons. The molecule has 12 aromatic rings. The van der Waals surface area contributed by atoms with Crippen molar-refractivity contribution in [3.8, 4) is 67.3 Å². The monoisotopic (exact) mass is 870 g/mol. The molecule has 6 nitrogen and oxygen atoms in total. The maximum absolute atomic E-state index is 5.00. The van der Waals surface area contributed by atoms with Crippen LogP contribution in [0.5, 0.6) is 0 Å². The van der Waals surface area contributed by atoms with Crippen LogP contribution in [0.1, 0.15) is 18.0 Å². The van der Waals surface area contributed by atoms with E-state index in [4.69, 9.17) is 19.9 Å². The predicted molar refractivity (Wildman–Crippen MR) is 281 cm³/mol. The normalized spacial score (nSPS) is 13.6. The first-order chi connectivity index (χ1) is 33.7. The number of fused-ring (bicyclic) bond motifs is 6. The topological polar surface area (TPSA) is 60.9 Å². The lowest BCUT2D eigenvalue weighted by molar-refractivity contribution is 0.742. The van der Waals surface area contributed by atoms with Crippen molar-refractivity contribution in [3.63, 3.8) is 0 Å². The molecule has 0 spiro atoms. The summed E-state index contributed by atoms with van der Waals surface area (Å²) >= 11 is 0. The van der Waals surface area contributed by atoms with Crippen LogP contribution in [0.3, 0.4) is 0 Å². The van der Waals surface area contributed by atoms with E-state index in [-0.39, 0.29) is 6.04 Å². The first kappa shape index (κ1) is 39.4. The molecule has 13 rings (SSSR count). The Morgan fingerprint density at radius 2 is 0.897 bits per heavy atom. The Morgan fingerprint density at radius 3 is 1.49 bits per heavy atom. The molecule has 320 valence electrons. The van der Waals surface area contributed by atoms with Crippen LogP contribution in [0.25, 0.3) is 111 Å². The van der Waals surface area contributed by atoms with E-state index in [1.54, 1.807) is 0 Å². The molecular formula is C62H42N6. The largest absolute Gasteiger partial charge is 0.309 e. The zero-order chi connectivity index (χ0) is 45.0. The maximum Gasteiger partial charge on any atom is 0.0963 e. The van der Waals surface area contributed by atoms with Crippen LogP contribution in [0.15, 0.2) is 236 Å². The van der Waals surface area contributed by atoms with E-state index >= 15 is 0 Å². The lowest BCUT2D eigenvalue weighted by Crippen LogP contribution is -2.00. The SMILES string of the molecule is C1=CCC(c2ccccc2-c2ccc3c(c2)c2cc(-c4ccccc4-c4ccccn4)ccc2n3-c2cccc(-n3c4ccc(-c5ccccc5-c5ccccn5)cc4c4ncccc43)c2)N=C1. The van der Waals surface area contributed by atoms with Gasteiger partial charge in [-0.3, -0.25) is 19.9 Å². The van der Waals surface area contributed by atoms with Crippen molar-refractivity contribution in [1.82, 2.24) is 24.1 Å². The Morgan fingerprint density at radius 1 is 0.382 bits per heavy atom. The number of allylic oxidation sites excluding steroid dienone is 1. The molecule has 0 saturated heterocycles. The third-order valence-corrected chi connectivity index (χ3v) is 13.5. The highest BCUT2D eigenvalue weighted by atomic mass is 15.0. The summed E-state index contributed by atoms with van der Waals surface area (Å²) in [5.41, 5.74) is 19.7. The fourth-order valence-electron chi connectivity index (χ4n) is 10.4. The fourth-order valence-corrected chi connectivity index (χ4v) is 10.4. The molecule has 6 heterocycles. The van der Waals surface area contributed by atoms with Gasteiger partial charge in [-0.2, -0.15) is 0 Å². The molecule has 1 aliphatic rings. The first-order valence-electron chi connectivity index (χ1n) is 23.1. The molecular weight excluding hydrogens is 829 g/mol. The van der Waals surface area contributed by atoms with Gasteiger partial charge in [0.05, 0.1) is 45.0 Å². The zero-order valence-corrected chi connectivity index (χ0v) is 37.0. The minimum absolute atomic E-state index is 0.0794. The number of nitrogens with zero attached hydrogens (tertiary/aromatic N) is 6. The van der Waals surface area contributed by atoms with Crippen LogP contribution in [-0.2, 0) is 0 Å². The molecule has 0 fully saturated rings. The van der Waals surface area contributed by atoms with E-state index in [9.17, 15) is 0 Å². The standard InChI is InChI=1S/C62H42N6/c1-4-20-49(55-23-7-10-33-63-55)46(17-1)41-27-30-58-52(37-41)53-38-42(47-18-2-5-21-50(47)56-24-8-11-34-64-56)28-31-59(53)67(58)44-15-13-16-45(40-44)68-60-32-29-43(39-54(60)62-61(68)26-14-36-66-62)48-19-3-6-22-51(48)57-25-9-12-35-65-57/h1-23,25-40,56H,24H2. The Labute approximate surface area is 393 Å². The minimum atomic E-state index is 0.0794. The molecule has 5 aromatic heterocycles. The van der Waals surface area contributed by atoms with Gasteiger partial charge in [-0.1, -0.05) is 115 Å². The number of pyridine rings is 3. The quantitative estimate of drug-likeness (QED) is 0.153. The molecule has 0 bridgehead atoms. The van der Waals surface area contributed by atoms with Gasteiger partial charge in [0.1, 0.15) is 0 Å². The second kappa shape index (κ2) is 16.5. The molecule has 68 heavy (non-hydrogen) atoms. The summed E-state index contributed by atoms with van der Waals surface area (Å²) in [6.07, 6.45) is 12.7. The molecule has 1 aliphatic heterocycles. The van der Waals surface area contributed by atoms with Crippen LogP contribution in [-0.4, -0.2) is 30.3 Å². The molecule has 7 aromatic carbocycles. The molecule has 0 amide bonds. The molecule has 0 aliphatic carbocycles. The molecule has 0 saturated carbocycles. The average molecular weight is 871 g/mol. The van der Waals surface area contributed by atoms with E-state index in [0.717, 1.165) is 95.5 Å². The van der Waals surface area contributed by atoms with Crippen molar-refractivity contribution < 1.29 is 0 Å². The smallest absolute Gasteiger partial charge is 0.0963 e. The van der Waals surface area contributed by atoms with Crippen LogP contribution in [0.2, 0.25) is 0 Å². The predicted octanol–water partition coefficient (Wildman–Crippen LogP) is 15.5. The summed E-state index contributed by atoms with van der Waals surface area (Å²) in [6.45, 7) is 0. The summed E-state index contributed by atoms with van der Waals surface area (Å²) in [5.74, 6) is 0. The Kier molecular flexibility index (Phi) is 9.53. The number of dihydropyridines is 1. The van der Waals surface area contributed by atoms with Crippen molar-refractivity contribution in [2.24, 2.45) is 4.99 Å². The van der Waals surface area contributed by atoms with Gasteiger partial charge in [0, 0.05) is 63.5 Å². The fraction of sp³-hybridized carbons (Fsp3) is 0.0323. The molecule has 1 atom stereocenters. The van der Waals surface area contributed by atoms with Gasteiger partial charge in [0.15, 0.2) is 0 Å². The Bertz CT molecular complexity index is 3950. The summed E-state index contributed by atoms with van der Waals surface area (Å²) in [6, 6.07) is 71.8. The van der Waals surface area contributed by atoms with Crippen LogP contribution >= 0.6 is 0 Å². The Hall–Kier alpha value is -9.00. The van der Waals surface area contributed by atoms with E-state index in [0.29, 0.717) is 0 Å². The van der Waals surface area contributed by atoms with E-state index < -0.39 is 0 Å². The van der Waals surface area contributed by atoms with Gasteiger partial charge in [0.25, 0.3) is 0 Å². The minimum Gasteiger partial charge on any atom is -0.309 e. The molecule has 0 N–H and O–H groups in total. The average Bonchev–Trinajstić information content (AvgIpc) is 3.93. The van der Waals surface area contributed by atoms with Crippen molar-refractivity contribution in [2.45, 2.75) is 12.5 Å². The van der Waals surface area contributed by atoms with E-state index in [1.165, 1.54) is 27.5 Å². The van der Waals surface area contributed by atoms with Crippen LogP contribution < -0.4 is 0 Å². The number of aromatic nitrogens is 5. The van der Waals surface area contributed by atoms with Gasteiger partial charge in [-0.25, -0.2) is 0 Å². The summed E-state index contributed by atoms with van der Waals surface area (Å²) in [5, 5.41) is 3.45. The second-order valence-corrected chi connectivity index (χ2v) is 17.3. The van der Waals surface area contributed by atoms with E-state index in [2.05, 4.69) is 191 Å². The highest BCUT2D eigenvalue weighted by Crippen LogP contribution is 2.42. The number of aliphatic imine (C=N–C) groups is 1. The van der Waals surface area contributed by atoms with Gasteiger partial charge < -0.3 is 9.13 Å². The maximum atomic E-state index is 5.00. The van der Waals surface area contributed by atoms with Crippen molar-refractivity contribution in [1.29, 1.82) is 0 Å².